The van der Waals surface area contributed by atoms with Crippen LogP contribution in [0.15, 0.2) is 0 Å². The molecule has 0 heterocycles. The van der Waals surface area contributed by atoms with Crippen LogP contribution >= 0.6 is 0 Å². The standard InChI is InChI=1S/C11H25N3O2.3C6H14N2O2/c1-2-3-6-9-14(13)10(11(15)16)7-4-5-8-12;3*7-4-2-1-3-5(8)6(9)10/h10H,2-9,12-13H2,1H3,(H,15,16);3*5H,1-4,7-8H2,(H,9,10). The van der Waals surface area contributed by atoms with Crippen LogP contribution in [0.2, 0.25) is 0 Å². The molecular weight excluding hydrogens is 602 g/mol. The summed E-state index contributed by atoms with van der Waals surface area (Å²) in [4.78, 5) is 41.4. The fraction of sp³-hybridized carbons (Fsp3) is 0.862. The first-order valence-electron chi connectivity index (χ1n) is 16.2. The average molecular weight is 670 g/mol. The lowest BCUT2D eigenvalue weighted by molar-refractivity contribution is -0.144. The van der Waals surface area contributed by atoms with Crippen LogP contribution in [0.3, 0.4) is 0 Å². The van der Waals surface area contributed by atoms with E-state index in [9.17, 15) is 19.2 Å². The minimum atomic E-state index is -0.933. The lowest BCUT2D eigenvalue weighted by atomic mass is 10.1. The van der Waals surface area contributed by atoms with Crippen molar-refractivity contribution in [3.63, 3.8) is 0 Å². The summed E-state index contributed by atoms with van der Waals surface area (Å²) in [5.74, 6) is 2.13. The summed E-state index contributed by atoms with van der Waals surface area (Å²) in [5, 5.41) is 35.5. The Bertz CT molecular complexity index is 677. The predicted octanol–water partition coefficient (Wildman–Crippen LogP) is -0.484. The molecule has 276 valence electrons. The van der Waals surface area contributed by atoms with Crippen molar-refractivity contribution in [1.82, 2.24) is 5.01 Å². The van der Waals surface area contributed by atoms with E-state index in [0.717, 1.165) is 70.6 Å². The van der Waals surface area contributed by atoms with E-state index in [1.165, 1.54) is 5.01 Å². The summed E-state index contributed by atoms with van der Waals surface area (Å²) in [5.41, 5.74) is 36.6. The topological polar surface area (TPSA) is 361 Å². The first-order valence-corrected chi connectivity index (χ1v) is 16.2. The molecule has 0 fully saturated rings. The molecule has 0 aromatic rings. The average Bonchev–Trinajstić information content (AvgIpc) is 3.00. The van der Waals surface area contributed by atoms with Gasteiger partial charge >= 0.3 is 23.9 Å². The van der Waals surface area contributed by atoms with Crippen molar-refractivity contribution < 1.29 is 39.6 Å². The van der Waals surface area contributed by atoms with Gasteiger partial charge < -0.3 is 60.6 Å². The number of carbonyl (C=O) groups is 4. The van der Waals surface area contributed by atoms with E-state index in [1.807, 2.05) is 0 Å². The van der Waals surface area contributed by atoms with Crippen molar-refractivity contribution in [1.29, 1.82) is 0 Å². The van der Waals surface area contributed by atoms with Crippen molar-refractivity contribution in [3.05, 3.63) is 0 Å². The summed E-state index contributed by atoms with van der Waals surface area (Å²) in [6, 6.07) is -2.71. The molecule has 17 nitrogen and oxygen atoms in total. The van der Waals surface area contributed by atoms with E-state index in [1.54, 1.807) is 0 Å². The van der Waals surface area contributed by atoms with Gasteiger partial charge in [0.05, 0.1) is 0 Å². The summed E-state index contributed by atoms with van der Waals surface area (Å²) in [6.45, 7) is 5.17. The van der Waals surface area contributed by atoms with Gasteiger partial charge in [-0.3, -0.25) is 25.0 Å². The van der Waals surface area contributed by atoms with Crippen LogP contribution in [0.5, 0.6) is 0 Å². The maximum absolute atomic E-state index is 11.0. The zero-order valence-corrected chi connectivity index (χ0v) is 27.9. The molecule has 0 bridgehead atoms. The number of rotatable bonds is 25. The molecule has 0 saturated carbocycles. The molecule has 0 amide bonds. The van der Waals surface area contributed by atoms with E-state index in [0.29, 0.717) is 58.4 Å². The normalized spacial score (nSPS) is 13.0. The van der Waals surface area contributed by atoms with Crippen LogP contribution in [0.1, 0.15) is 103 Å². The number of hydrogen-bond donors (Lipinski definition) is 12. The molecule has 4 unspecified atom stereocenters. The molecular formula is C29H67N9O8. The fourth-order valence-corrected chi connectivity index (χ4v) is 3.51. The largest absolute Gasteiger partial charge is 0.480 e. The molecule has 4 atom stereocenters. The van der Waals surface area contributed by atoms with Gasteiger partial charge in [-0.1, -0.05) is 39.0 Å². The van der Waals surface area contributed by atoms with Gasteiger partial charge in [-0.2, -0.15) is 0 Å². The van der Waals surface area contributed by atoms with Gasteiger partial charge in [0, 0.05) is 6.54 Å². The second-order valence-electron chi connectivity index (χ2n) is 10.8. The number of nitrogens with zero attached hydrogens (tertiary/aromatic N) is 1. The first kappa shape index (κ1) is 50.4. The second-order valence-corrected chi connectivity index (χ2v) is 10.8. The highest BCUT2D eigenvalue weighted by molar-refractivity contribution is 5.74. The number of nitrogens with two attached hydrogens (primary N) is 8. The zero-order valence-electron chi connectivity index (χ0n) is 27.9. The Morgan fingerprint density at radius 3 is 1.04 bits per heavy atom. The minimum Gasteiger partial charge on any atom is -0.480 e. The third-order valence-electron chi connectivity index (χ3n) is 6.50. The summed E-state index contributed by atoms with van der Waals surface area (Å²) in [7, 11) is 0. The van der Waals surface area contributed by atoms with Crippen LogP contribution in [0.4, 0.5) is 0 Å². The van der Waals surface area contributed by atoms with Gasteiger partial charge in [0.1, 0.15) is 24.2 Å². The van der Waals surface area contributed by atoms with E-state index < -0.39 is 48.0 Å². The predicted molar refractivity (Wildman–Crippen MR) is 180 cm³/mol. The van der Waals surface area contributed by atoms with Crippen molar-refractivity contribution in [3.8, 4) is 0 Å². The van der Waals surface area contributed by atoms with Crippen molar-refractivity contribution in [2.75, 3.05) is 32.7 Å². The lowest BCUT2D eigenvalue weighted by Gasteiger charge is -2.23. The molecule has 0 aliphatic heterocycles. The minimum absolute atomic E-state index is 0.520. The maximum Gasteiger partial charge on any atom is 0.322 e. The smallest absolute Gasteiger partial charge is 0.322 e. The van der Waals surface area contributed by atoms with Gasteiger partial charge in [0.25, 0.3) is 0 Å². The molecule has 0 aromatic heterocycles. The third-order valence-corrected chi connectivity index (χ3v) is 6.50. The summed E-state index contributed by atoms with van der Waals surface area (Å²) >= 11 is 0. The SMILES string of the molecule is CCCCCN(N)C(CCCCN)C(=O)O.NCCCCC(N)C(=O)O.NCCCCC(N)C(=O)O.NCCCCC(N)C(=O)O. The first-order chi connectivity index (χ1) is 21.7. The Kier molecular flexibility index (Phi) is 40.5. The van der Waals surface area contributed by atoms with Gasteiger partial charge in [-0.15, -0.1) is 0 Å². The Balaban J connectivity index is -0.000000262. The highest BCUT2D eigenvalue weighted by Gasteiger charge is 2.22. The molecule has 17 heteroatoms. The quantitative estimate of drug-likeness (QED) is 0.0331. The molecule has 0 spiro atoms. The highest BCUT2D eigenvalue weighted by atomic mass is 16.4. The Labute approximate surface area is 274 Å². The molecule has 0 rings (SSSR count). The molecule has 46 heavy (non-hydrogen) atoms. The van der Waals surface area contributed by atoms with E-state index in [-0.39, 0.29) is 0 Å². The number of aliphatic carboxylic acids is 4. The maximum atomic E-state index is 11.0. The van der Waals surface area contributed by atoms with Gasteiger partial charge in [-0.25, -0.2) is 5.01 Å². The monoisotopic (exact) mass is 670 g/mol. The number of hydrazine groups is 1. The third kappa shape index (κ3) is 37.7. The molecule has 20 N–H and O–H groups in total. The Morgan fingerprint density at radius 2 is 0.804 bits per heavy atom. The van der Waals surface area contributed by atoms with Crippen LogP contribution < -0.4 is 46.0 Å². The van der Waals surface area contributed by atoms with E-state index >= 15 is 0 Å². The van der Waals surface area contributed by atoms with Crippen molar-refractivity contribution >= 4 is 23.9 Å². The van der Waals surface area contributed by atoms with Crippen molar-refractivity contribution in [2.24, 2.45) is 46.0 Å². The Hall–Kier alpha value is -2.48. The lowest BCUT2D eigenvalue weighted by Crippen LogP contribution is -2.46. The molecule has 0 aliphatic rings. The summed E-state index contributed by atoms with van der Waals surface area (Å²) < 4.78 is 0. The number of carboxylic acid groups (broad SMARTS) is 4. The van der Waals surface area contributed by atoms with Crippen LogP contribution in [-0.2, 0) is 19.2 Å². The molecule has 0 saturated heterocycles. The zero-order chi connectivity index (χ0) is 36.3. The van der Waals surface area contributed by atoms with Gasteiger partial charge in [-0.05, 0) is 90.4 Å². The molecule has 0 aromatic carbocycles. The second kappa shape index (κ2) is 37.0. The molecule has 0 radical (unpaired) electrons. The number of hydrogen-bond acceptors (Lipinski definition) is 13. The van der Waals surface area contributed by atoms with E-state index in [4.69, 9.17) is 66.4 Å². The van der Waals surface area contributed by atoms with E-state index in [2.05, 4.69) is 6.92 Å². The van der Waals surface area contributed by atoms with Crippen LogP contribution in [-0.4, -0.2) is 106 Å². The van der Waals surface area contributed by atoms with Crippen LogP contribution in [0.25, 0.3) is 0 Å². The summed E-state index contributed by atoms with van der Waals surface area (Å²) in [6.07, 6.45) is 11.9. The number of unbranched alkanes of at least 4 members (excludes halogenated alkanes) is 6. The number of carboxylic acids is 4. The Morgan fingerprint density at radius 1 is 0.500 bits per heavy atom. The fourth-order valence-electron chi connectivity index (χ4n) is 3.51. The highest BCUT2D eigenvalue weighted by Crippen LogP contribution is 2.08. The van der Waals surface area contributed by atoms with Gasteiger partial charge in [0.2, 0.25) is 0 Å². The van der Waals surface area contributed by atoms with Crippen LogP contribution in [0, 0.1) is 0 Å². The molecule has 0 aliphatic carbocycles. The van der Waals surface area contributed by atoms with Gasteiger partial charge in [0.15, 0.2) is 0 Å². The van der Waals surface area contributed by atoms with Crippen molar-refractivity contribution in [2.45, 2.75) is 127 Å².